The Morgan fingerprint density at radius 2 is 1.66 bits per heavy atom. The van der Waals surface area contributed by atoms with Gasteiger partial charge in [0.2, 0.25) is 21.8 Å². The van der Waals surface area contributed by atoms with Crippen molar-refractivity contribution in [2.45, 2.75) is 68.5 Å². The molecular weight excluding hydrogens is 618 g/mol. The third kappa shape index (κ3) is 9.92. The summed E-state index contributed by atoms with van der Waals surface area (Å²) in [5.74, 6) is -2.14. The fraction of sp³-hybridized carbons (Fsp3) is 0.314. The van der Waals surface area contributed by atoms with Gasteiger partial charge < -0.3 is 21.5 Å². The van der Waals surface area contributed by atoms with Gasteiger partial charge in [-0.25, -0.2) is 18.1 Å². The zero-order valence-corrected chi connectivity index (χ0v) is 27.2. The van der Waals surface area contributed by atoms with E-state index < -0.39 is 52.4 Å². The molecule has 0 aliphatic rings. The maximum Gasteiger partial charge on any atom is 0.270 e. The lowest BCUT2D eigenvalue weighted by Crippen LogP contribution is -2.53. The summed E-state index contributed by atoms with van der Waals surface area (Å²) in [5.41, 5.74) is 7.64. The molecule has 0 aliphatic heterocycles. The van der Waals surface area contributed by atoms with Gasteiger partial charge in [-0.15, -0.1) is 0 Å². The fourth-order valence-corrected chi connectivity index (χ4v) is 6.61. The van der Waals surface area contributed by atoms with Gasteiger partial charge in [-0.05, 0) is 54.2 Å². The number of nitrogens with two attached hydrogens (primary N) is 1. The Kier molecular flexibility index (Phi) is 12.2. The lowest BCUT2D eigenvalue weighted by Gasteiger charge is -2.26. The number of carbonyl (C=O) groups excluding carboxylic acids is 3. The second-order valence-corrected chi connectivity index (χ2v) is 13.3. The number of aliphatic hydroxyl groups is 1. The number of carbonyl (C=O) groups is 3. The lowest BCUT2D eigenvalue weighted by molar-refractivity contribution is -0.127. The number of pyridine rings is 1. The molecule has 3 aromatic carbocycles. The van der Waals surface area contributed by atoms with Crippen LogP contribution in [0.5, 0.6) is 0 Å². The summed E-state index contributed by atoms with van der Waals surface area (Å²) in [6.07, 6.45) is 0.0922. The summed E-state index contributed by atoms with van der Waals surface area (Å²) in [5, 5.41) is 17.1. The molecule has 47 heavy (non-hydrogen) atoms. The minimum absolute atomic E-state index is 0.0384. The highest BCUT2D eigenvalue weighted by molar-refractivity contribution is 7.89. The summed E-state index contributed by atoms with van der Waals surface area (Å²) in [6.45, 7) is 3.73. The number of benzene rings is 3. The van der Waals surface area contributed by atoms with Crippen molar-refractivity contribution < 1.29 is 27.9 Å². The summed E-state index contributed by atoms with van der Waals surface area (Å²) in [4.78, 5) is 42.4. The van der Waals surface area contributed by atoms with E-state index in [1.807, 2.05) is 31.2 Å². The predicted octanol–water partition coefficient (Wildman–Crippen LogP) is 3.18. The molecule has 2 unspecified atom stereocenters. The second-order valence-electron chi connectivity index (χ2n) is 11.6. The first kappa shape index (κ1) is 35.2. The van der Waals surface area contributed by atoms with Crippen LogP contribution in [0.4, 0.5) is 0 Å². The Bertz CT molecular complexity index is 1800. The van der Waals surface area contributed by atoms with Crippen molar-refractivity contribution in [2.75, 3.05) is 6.54 Å². The van der Waals surface area contributed by atoms with Gasteiger partial charge in [0.1, 0.15) is 11.7 Å². The van der Waals surface area contributed by atoms with Gasteiger partial charge in [0.05, 0.1) is 29.0 Å². The molecule has 248 valence electrons. The number of nitrogens with zero attached hydrogens (tertiary/aromatic N) is 1. The highest BCUT2D eigenvalue weighted by Crippen LogP contribution is 2.23. The van der Waals surface area contributed by atoms with Crippen LogP contribution in [0.25, 0.3) is 10.9 Å². The molecule has 0 fully saturated rings. The Morgan fingerprint density at radius 3 is 2.38 bits per heavy atom. The summed E-state index contributed by atoms with van der Waals surface area (Å²) in [6, 6.07) is 23.8. The Morgan fingerprint density at radius 1 is 0.936 bits per heavy atom. The van der Waals surface area contributed by atoms with Gasteiger partial charge in [0.25, 0.3) is 5.91 Å². The highest BCUT2D eigenvalue weighted by Gasteiger charge is 2.29. The lowest BCUT2D eigenvalue weighted by atomic mass is 9.97. The first-order valence-electron chi connectivity index (χ1n) is 15.5. The molecule has 4 aromatic rings. The largest absolute Gasteiger partial charge is 0.390 e. The minimum Gasteiger partial charge on any atom is -0.390 e. The first-order valence-corrected chi connectivity index (χ1v) is 17.0. The van der Waals surface area contributed by atoms with E-state index in [0.29, 0.717) is 5.52 Å². The number of aromatic nitrogens is 1. The molecule has 0 saturated carbocycles. The molecule has 1 aromatic heterocycles. The topological polar surface area (TPSA) is 181 Å². The number of hydrogen-bond acceptors (Lipinski definition) is 7. The standard InChI is InChI=1S/C35H41N5O6S/c1-3-10-23(2)26-14-9-15-27(20-26)47(45,46)40-30(19-24-11-5-4-6-12-24)32(41)22-37-34(43)31(21-33(36)42)39-35(44)29-18-17-25-13-7-8-16-28(25)38-29/h4-9,11-18,20,23,30-32,40-41H,3,10,19,21-22H2,1-2H3,(H2,36,42)(H,37,43)(H,39,44)/t23-,30?,31+,32?/m0/s1. The highest BCUT2D eigenvalue weighted by atomic mass is 32.2. The van der Waals surface area contributed by atoms with E-state index in [2.05, 4.69) is 27.3 Å². The normalized spacial score (nSPS) is 14.1. The molecule has 12 heteroatoms. The third-order valence-electron chi connectivity index (χ3n) is 7.87. The SMILES string of the molecule is CCC[C@H](C)c1cccc(S(=O)(=O)NC(Cc2ccccc2)C(O)CNC(=O)[C@@H](CC(N)=O)NC(=O)c2ccc3ccccc3n2)c1. The first-order chi connectivity index (χ1) is 22.5. The monoisotopic (exact) mass is 659 g/mol. The minimum atomic E-state index is -4.08. The van der Waals surface area contributed by atoms with Crippen molar-refractivity contribution in [3.05, 3.63) is 108 Å². The number of rotatable bonds is 16. The summed E-state index contributed by atoms with van der Waals surface area (Å²) < 4.78 is 29.8. The average Bonchev–Trinajstić information content (AvgIpc) is 3.06. The van der Waals surface area contributed by atoms with Crippen LogP contribution >= 0.6 is 0 Å². The Balaban J connectivity index is 1.49. The van der Waals surface area contributed by atoms with Crippen LogP contribution in [0.2, 0.25) is 0 Å². The molecule has 1 heterocycles. The number of amides is 3. The number of sulfonamides is 1. The molecule has 4 atom stereocenters. The van der Waals surface area contributed by atoms with Crippen LogP contribution in [0.15, 0.2) is 95.9 Å². The maximum absolute atomic E-state index is 13.6. The Labute approximate surface area is 275 Å². The van der Waals surface area contributed by atoms with Crippen LogP contribution in [0.1, 0.15) is 60.6 Å². The molecule has 0 saturated heterocycles. The zero-order valence-electron chi connectivity index (χ0n) is 26.4. The van der Waals surface area contributed by atoms with Gasteiger partial charge in [-0.2, -0.15) is 0 Å². The van der Waals surface area contributed by atoms with Crippen LogP contribution in [0.3, 0.4) is 0 Å². The van der Waals surface area contributed by atoms with E-state index in [-0.39, 0.29) is 29.5 Å². The van der Waals surface area contributed by atoms with E-state index in [1.54, 1.807) is 54.6 Å². The van der Waals surface area contributed by atoms with Gasteiger partial charge in [0.15, 0.2) is 0 Å². The zero-order chi connectivity index (χ0) is 34.0. The number of fused-ring (bicyclic) bond motifs is 1. The number of hydrogen-bond donors (Lipinski definition) is 5. The molecule has 0 radical (unpaired) electrons. The van der Waals surface area contributed by atoms with E-state index in [0.717, 1.165) is 29.4 Å². The fourth-order valence-electron chi connectivity index (χ4n) is 5.29. The van der Waals surface area contributed by atoms with Crippen molar-refractivity contribution in [3.63, 3.8) is 0 Å². The van der Waals surface area contributed by atoms with E-state index in [4.69, 9.17) is 5.73 Å². The maximum atomic E-state index is 13.6. The quantitative estimate of drug-likeness (QED) is 0.122. The van der Waals surface area contributed by atoms with Crippen molar-refractivity contribution in [3.8, 4) is 0 Å². The Hall–Kier alpha value is -4.65. The van der Waals surface area contributed by atoms with Gasteiger partial charge in [-0.3, -0.25) is 14.4 Å². The van der Waals surface area contributed by atoms with Crippen LogP contribution in [-0.2, 0) is 26.0 Å². The molecule has 0 bridgehead atoms. The average molecular weight is 660 g/mol. The van der Waals surface area contributed by atoms with Crippen LogP contribution in [0, 0.1) is 0 Å². The molecule has 3 amide bonds. The summed E-state index contributed by atoms with van der Waals surface area (Å²) in [7, 11) is -4.08. The second kappa shape index (κ2) is 16.3. The molecule has 6 N–H and O–H groups in total. The van der Waals surface area contributed by atoms with E-state index >= 15 is 0 Å². The van der Waals surface area contributed by atoms with Crippen LogP contribution in [-0.4, -0.2) is 61.0 Å². The van der Waals surface area contributed by atoms with E-state index in [1.165, 1.54) is 12.1 Å². The van der Waals surface area contributed by atoms with Crippen LogP contribution < -0.4 is 21.1 Å². The van der Waals surface area contributed by atoms with Gasteiger partial charge in [0, 0.05) is 11.9 Å². The van der Waals surface area contributed by atoms with Gasteiger partial charge >= 0.3 is 0 Å². The molecule has 0 aliphatic carbocycles. The number of aliphatic hydroxyl groups excluding tert-OH is 1. The smallest absolute Gasteiger partial charge is 0.270 e. The van der Waals surface area contributed by atoms with Crippen molar-refractivity contribution in [2.24, 2.45) is 5.73 Å². The van der Waals surface area contributed by atoms with E-state index in [9.17, 15) is 27.9 Å². The molecule has 4 rings (SSSR count). The molecule has 0 spiro atoms. The third-order valence-corrected chi connectivity index (χ3v) is 9.36. The molecular formula is C35H41N5O6S. The predicted molar refractivity (Wildman–Crippen MR) is 180 cm³/mol. The summed E-state index contributed by atoms with van der Waals surface area (Å²) >= 11 is 0. The van der Waals surface area contributed by atoms with Crippen molar-refractivity contribution >= 4 is 38.6 Å². The van der Waals surface area contributed by atoms with Crippen molar-refractivity contribution in [1.29, 1.82) is 0 Å². The molecule has 11 nitrogen and oxygen atoms in total. The number of nitrogens with one attached hydrogen (secondary N) is 3. The van der Waals surface area contributed by atoms with Crippen molar-refractivity contribution in [1.82, 2.24) is 20.3 Å². The number of primary amides is 1. The van der Waals surface area contributed by atoms with Gasteiger partial charge in [-0.1, -0.05) is 87.0 Å². The number of para-hydroxylation sites is 1.